The Bertz CT molecular complexity index is 354. The first-order chi connectivity index (χ1) is 8.49. The van der Waals surface area contributed by atoms with E-state index in [0.29, 0.717) is 5.46 Å². The highest BCUT2D eigenvalue weighted by atomic mass is 79.9. The van der Waals surface area contributed by atoms with Crippen LogP contribution in [0.4, 0.5) is 0 Å². The molecule has 1 aromatic carbocycles. The van der Waals surface area contributed by atoms with E-state index in [-0.39, 0.29) is 0 Å². The van der Waals surface area contributed by atoms with Gasteiger partial charge in [0.1, 0.15) is 0 Å². The summed E-state index contributed by atoms with van der Waals surface area (Å²) in [7, 11) is -1.36. The van der Waals surface area contributed by atoms with Gasteiger partial charge in [-0.05, 0) is 38.7 Å². The van der Waals surface area contributed by atoms with Gasteiger partial charge in [-0.1, -0.05) is 40.2 Å². The zero-order valence-corrected chi connectivity index (χ0v) is 13.3. The summed E-state index contributed by atoms with van der Waals surface area (Å²) in [4.78, 5) is 0. The lowest BCUT2D eigenvalue weighted by Crippen LogP contribution is -2.44. The van der Waals surface area contributed by atoms with Crippen LogP contribution in [0.25, 0.3) is 0 Å². The smallest absolute Gasteiger partial charge is 0.423 e. The summed E-state index contributed by atoms with van der Waals surface area (Å²) in [5.74, 6) is 0. The Labute approximate surface area is 123 Å². The largest absolute Gasteiger partial charge is 0.488 e. The molecular weight excluding hydrogens is 311 g/mol. The lowest BCUT2D eigenvalue weighted by atomic mass is 9.80. The first-order valence-corrected chi connectivity index (χ1v) is 7.07. The van der Waals surface area contributed by atoms with Gasteiger partial charge in [0.25, 0.3) is 0 Å². The van der Waals surface area contributed by atoms with Crippen molar-refractivity contribution in [3.05, 3.63) is 29.8 Å². The molecule has 0 amide bonds. The van der Waals surface area contributed by atoms with Gasteiger partial charge in [0.15, 0.2) is 0 Å². The molecule has 0 saturated carbocycles. The van der Waals surface area contributed by atoms with E-state index in [1.807, 2.05) is 12.1 Å². The second-order valence-electron chi connectivity index (χ2n) is 5.37. The van der Waals surface area contributed by atoms with E-state index in [1.165, 1.54) is 0 Å². The van der Waals surface area contributed by atoms with Crippen LogP contribution in [0.15, 0.2) is 24.3 Å². The Hall–Kier alpha value is -0.395. The molecular formula is C13H22BBrO4. The van der Waals surface area contributed by atoms with Crippen molar-refractivity contribution in [3.8, 4) is 0 Å². The van der Waals surface area contributed by atoms with Crippen molar-refractivity contribution >= 4 is 28.5 Å². The second-order valence-corrected chi connectivity index (χ2v) is 5.93. The Kier molecular flexibility index (Phi) is 7.25. The molecule has 0 unspecified atom stereocenters. The molecule has 1 rings (SSSR count). The molecule has 0 atom stereocenters. The normalized spacial score (nSPS) is 11.6. The highest BCUT2D eigenvalue weighted by molar-refractivity contribution is 9.08. The number of alkyl halides is 1. The molecule has 0 fully saturated rings. The lowest BCUT2D eigenvalue weighted by Gasteiger charge is -2.31. The van der Waals surface area contributed by atoms with Crippen molar-refractivity contribution in [1.82, 2.24) is 0 Å². The maximum atomic E-state index is 9.10. The number of aliphatic hydroxyl groups is 2. The summed E-state index contributed by atoms with van der Waals surface area (Å²) in [5.41, 5.74) is -0.371. The fourth-order valence-electron chi connectivity index (χ4n) is 0.779. The molecule has 1 aromatic rings. The van der Waals surface area contributed by atoms with Crippen molar-refractivity contribution in [3.63, 3.8) is 0 Å². The van der Waals surface area contributed by atoms with Gasteiger partial charge < -0.3 is 20.3 Å². The first kappa shape index (κ1) is 18.6. The first-order valence-electron chi connectivity index (χ1n) is 5.94. The highest BCUT2D eigenvalue weighted by Gasteiger charge is 2.31. The van der Waals surface area contributed by atoms with E-state index >= 15 is 0 Å². The number of halogens is 1. The molecule has 0 aromatic heterocycles. The van der Waals surface area contributed by atoms with Gasteiger partial charge in [-0.25, -0.2) is 0 Å². The van der Waals surface area contributed by atoms with Crippen LogP contribution in [-0.2, 0) is 5.33 Å². The molecule has 108 valence electrons. The van der Waals surface area contributed by atoms with E-state index in [4.69, 9.17) is 20.3 Å². The maximum Gasteiger partial charge on any atom is 0.488 e. The minimum absolute atomic E-state index is 0.523. The molecule has 4 N–H and O–H groups in total. The third kappa shape index (κ3) is 7.08. The third-order valence-electron chi connectivity index (χ3n) is 2.93. The molecule has 0 heterocycles. The third-order valence-corrected chi connectivity index (χ3v) is 3.58. The molecule has 0 radical (unpaired) electrons. The summed E-state index contributed by atoms with van der Waals surface area (Å²) in [6, 6.07) is 7.09. The quantitative estimate of drug-likeness (QED) is 0.487. The molecule has 6 heteroatoms. The fourth-order valence-corrected chi connectivity index (χ4v) is 1.15. The molecule has 0 aliphatic carbocycles. The van der Waals surface area contributed by atoms with Crippen LogP contribution in [-0.4, -0.2) is 38.6 Å². The predicted octanol–water partition coefficient (Wildman–Crippen LogP) is 0.789. The molecule has 0 aliphatic heterocycles. The Balaban J connectivity index is 0.000000362. The minimum atomic E-state index is -1.36. The van der Waals surface area contributed by atoms with Crippen molar-refractivity contribution in [2.75, 3.05) is 0 Å². The van der Waals surface area contributed by atoms with Crippen LogP contribution in [0, 0.1) is 0 Å². The average Bonchev–Trinajstić information content (AvgIpc) is 2.27. The van der Waals surface area contributed by atoms with Crippen molar-refractivity contribution in [2.24, 2.45) is 0 Å². The maximum absolute atomic E-state index is 9.10. The van der Waals surface area contributed by atoms with Gasteiger partial charge in [0, 0.05) is 5.33 Å². The van der Waals surface area contributed by atoms with Crippen LogP contribution in [0.2, 0.25) is 0 Å². The van der Waals surface area contributed by atoms with Gasteiger partial charge in [0.2, 0.25) is 0 Å². The number of hydrogen-bond acceptors (Lipinski definition) is 4. The van der Waals surface area contributed by atoms with E-state index < -0.39 is 18.3 Å². The van der Waals surface area contributed by atoms with E-state index in [9.17, 15) is 0 Å². The molecule has 0 saturated heterocycles. The number of hydrogen-bond donors (Lipinski definition) is 4. The second kappa shape index (κ2) is 7.40. The van der Waals surface area contributed by atoms with Gasteiger partial charge in [-0.3, -0.25) is 0 Å². The van der Waals surface area contributed by atoms with Gasteiger partial charge in [-0.2, -0.15) is 0 Å². The fraction of sp³-hybridized carbons (Fsp3) is 0.538. The predicted molar refractivity (Wildman–Crippen MR) is 81.5 cm³/mol. The number of benzene rings is 1. The van der Waals surface area contributed by atoms with Crippen LogP contribution >= 0.6 is 15.9 Å². The van der Waals surface area contributed by atoms with Crippen LogP contribution in [0.3, 0.4) is 0 Å². The standard InChI is InChI=1S/C7H8BBrO2.C6H14O2/c9-5-6-1-3-7(4-2-6)8(10)11;1-5(2,7)6(3,4)8/h1-4,10-11H,5H2;7-8H,1-4H3. The Morgan fingerprint density at radius 1 is 0.947 bits per heavy atom. The van der Waals surface area contributed by atoms with Gasteiger partial charge >= 0.3 is 7.12 Å². The van der Waals surface area contributed by atoms with Crippen LogP contribution in [0.1, 0.15) is 33.3 Å². The van der Waals surface area contributed by atoms with E-state index in [1.54, 1.807) is 39.8 Å². The van der Waals surface area contributed by atoms with Crippen LogP contribution in [0.5, 0.6) is 0 Å². The minimum Gasteiger partial charge on any atom is -0.423 e. The van der Waals surface area contributed by atoms with E-state index in [0.717, 1.165) is 10.9 Å². The summed E-state index contributed by atoms with van der Waals surface area (Å²) in [6.07, 6.45) is 0. The monoisotopic (exact) mass is 332 g/mol. The molecule has 4 nitrogen and oxygen atoms in total. The SMILES string of the molecule is CC(C)(O)C(C)(C)O.OB(O)c1ccc(CBr)cc1. The average molecular weight is 333 g/mol. The molecule has 0 bridgehead atoms. The zero-order chi connectivity index (χ0) is 15.3. The van der Waals surface area contributed by atoms with Crippen molar-refractivity contribution in [2.45, 2.75) is 44.2 Å². The zero-order valence-electron chi connectivity index (χ0n) is 11.8. The summed E-state index contributed by atoms with van der Waals surface area (Å²) in [5, 5.41) is 36.5. The van der Waals surface area contributed by atoms with Gasteiger partial charge in [0.05, 0.1) is 11.2 Å². The molecule has 19 heavy (non-hydrogen) atoms. The van der Waals surface area contributed by atoms with Gasteiger partial charge in [-0.15, -0.1) is 0 Å². The van der Waals surface area contributed by atoms with Crippen LogP contribution < -0.4 is 5.46 Å². The van der Waals surface area contributed by atoms with E-state index in [2.05, 4.69) is 15.9 Å². The Morgan fingerprint density at radius 3 is 1.53 bits per heavy atom. The van der Waals surface area contributed by atoms with Crippen molar-refractivity contribution in [1.29, 1.82) is 0 Å². The summed E-state index contributed by atoms with van der Waals surface area (Å²) in [6.45, 7) is 6.31. The number of rotatable bonds is 3. The summed E-state index contributed by atoms with van der Waals surface area (Å²) < 4.78 is 0. The van der Waals surface area contributed by atoms with Crippen molar-refractivity contribution < 1.29 is 20.3 Å². The highest BCUT2D eigenvalue weighted by Crippen LogP contribution is 2.19. The summed E-state index contributed by atoms with van der Waals surface area (Å²) >= 11 is 3.29. The Morgan fingerprint density at radius 2 is 1.32 bits per heavy atom. The lowest BCUT2D eigenvalue weighted by molar-refractivity contribution is -0.107. The topological polar surface area (TPSA) is 80.9 Å². The molecule has 0 aliphatic rings. The molecule has 0 spiro atoms.